The van der Waals surface area contributed by atoms with Gasteiger partial charge in [-0.2, -0.15) is 0 Å². The Balaban J connectivity index is 1.92. The number of halogens is 1. The second-order valence-electron chi connectivity index (χ2n) is 5.11. The van der Waals surface area contributed by atoms with Crippen molar-refractivity contribution in [2.45, 2.75) is 30.9 Å². The highest BCUT2D eigenvalue weighted by Gasteiger charge is 2.08. The molecule has 4 heteroatoms. The van der Waals surface area contributed by atoms with Crippen LogP contribution in [0.5, 0.6) is 5.75 Å². The molecule has 0 aliphatic rings. The van der Waals surface area contributed by atoms with E-state index >= 15 is 0 Å². The maximum Gasteiger partial charge on any atom is 0.119 e. The van der Waals surface area contributed by atoms with Gasteiger partial charge in [0.2, 0.25) is 0 Å². The van der Waals surface area contributed by atoms with Crippen LogP contribution in [0.2, 0.25) is 5.02 Å². The maximum absolute atomic E-state index is 6.24. The van der Waals surface area contributed by atoms with Gasteiger partial charge < -0.3 is 10.5 Å². The van der Waals surface area contributed by atoms with Gasteiger partial charge in [0.25, 0.3) is 0 Å². The van der Waals surface area contributed by atoms with E-state index in [-0.39, 0.29) is 12.1 Å². The summed E-state index contributed by atoms with van der Waals surface area (Å²) in [4.78, 5) is 1.14. The molecule has 2 rings (SSSR count). The molecule has 0 amide bonds. The van der Waals surface area contributed by atoms with Crippen LogP contribution in [0.4, 0.5) is 0 Å². The first-order valence-corrected chi connectivity index (χ1v) is 8.31. The molecule has 2 aromatic rings. The van der Waals surface area contributed by atoms with Crippen molar-refractivity contribution in [3.63, 3.8) is 0 Å². The summed E-state index contributed by atoms with van der Waals surface area (Å²) in [5.74, 6) is 1.69. The number of rotatable bonds is 6. The Kier molecular flexibility index (Phi) is 5.97. The zero-order valence-corrected chi connectivity index (χ0v) is 13.8. The Labute approximate surface area is 135 Å². The van der Waals surface area contributed by atoms with E-state index in [1.807, 2.05) is 62.4 Å². The van der Waals surface area contributed by atoms with Crippen LogP contribution in [-0.2, 0) is 0 Å². The summed E-state index contributed by atoms with van der Waals surface area (Å²) in [5, 5.41) is 0.753. The van der Waals surface area contributed by atoms with E-state index in [9.17, 15) is 0 Å². The fourth-order valence-electron chi connectivity index (χ4n) is 1.90. The molecule has 0 bridgehead atoms. The molecule has 0 saturated heterocycles. The van der Waals surface area contributed by atoms with Gasteiger partial charge >= 0.3 is 0 Å². The third-order valence-electron chi connectivity index (χ3n) is 2.91. The standard InChI is InChI=1S/C17H20ClNOS/c1-12(2)20-15-8-6-13(7-9-15)17(19)11-21-16-5-3-4-14(18)10-16/h3-10,12,17H,11,19H2,1-2H3. The monoisotopic (exact) mass is 321 g/mol. The molecule has 0 fully saturated rings. The van der Waals surface area contributed by atoms with Crippen LogP contribution in [0.1, 0.15) is 25.5 Å². The molecule has 0 aliphatic heterocycles. The Bertz CT molecular complexity index is 571. The SMILES string of the molecule is CC(C)Oc1ccc(C(N)CSc2cccc(Cl)c2)cc1. The molecule has 1 atom stereocenters. The maximum atomic E-state index is 6.24. The molecule has 0 spiro atoms. The van der Waals surface area contributed by atoms with Crippen molar-refractivity contribution < 1.29 is 4.74 Å². The Morgan fingerprint density at radius 3 is 2.48 bits per heavy atom. The average molecular weight is 322 g/mol. The van der Waals surface area contributed by atoms with Gasteiger partial charge in [0.1, 0.15) is 5.75 Å². The van der Waals surface area contributed by atoms with Crippen LogP contribution in [0.3, 0.4) is 0 Å². The fourth-order valence-corrected chi connectivity index (χ4v) is 3.11. The van der Waals surface area contributed by atoms with Crippen molar-refractivity contribution in [3.8, 4) is 5.75 Å². The predicted octanol–water partition coefficient (Wildman–Crippen LogP) is 4.92. The number of nitrogens with two attached hydrogens (primary N) is 1. The summed E-state index contributed by atoms with van der Waals surface area (Å²) in [6, 6.07) is 15.8. The third kappa shape index (κ3) is 5.27. The van der Waals surface area contributed by atoms with Gasteiger partial charge in [-0.05, 0) is 49.7 Å². The number of hydrogen-bond donors (Lipinski definition) is 1. The Morgan fingerprint density at radius 1 is 1.14 bits per heavy atom. The van der Waals surface area contributed by atoms with Crippen LogP contribution in [0.25, 0.3) is 0 Å². The highest BCUT2D eigenvalue weighted by molar-refractivity contribution is 7.99. The Hall–Kier alpha value is -1.16. The van der Waals surface area contributed by atoms with Gasteiger partial charge in [-0.1, -0.05) is 29.8 Å². The molecular formula is C17H20ClNOS. The van der Waals surface area contributed by atoms with Crippen molar-refractivity contribution in [1.82, 2.24) is 0 Å². The number of hydrogen-bond acceptors (Lipinski definition) is 3. The minimum Gasteiger partial charge on any atom is -0.491 e. The summed E-state index contributed by atoms with van der Waals surface area (Å²) >= 11 is 7.69. The van der Waals surface area contributed by atoms with Crippen molar-refractivity contribution in [3.05, 3.63) is 59.1 Å². The summed E-state index contributed by atoms with van der Waals surface area (Å²) in [5.41, 5.74) is 7.35. The van der Waals surface area contributed by atoms with Gasteiger partial charge in [-0.15, -0.1) is 11.8 Å². The molecule has 0 heterocycles. The lowest BCUT2D eigenvalue weighted by Crippen LogP contribution is -2.13. The molecule has 112 valence electrons. The van der Waals surface area contributed by atoms with E-state index in [4.69, 9.17) is 22.1 Å². The van der Waals surface area contributed by atoms with Crippen molar-refractivity contribution >= 4 is 23.4 Å². The smallest absolute Gasteiger partial charge is 0.119 e. The van der Waals surface area contributed by atoms with Gasteiger partial charge in [0.15, 0.2) is 0 Å². The molecule has 21 heavy (non-hydrogen) atoms. The molecule has 0 aliphatic carbocycles. The van der Waals surface area contributed by atoms with Crippen molar-refractivity contribution in [1.29, 1.82) is 0 Å². The minimum atomic E-state index is -0.0120. The second-order valence-corrected chi connectivity index (χ2v) is 6.64. The van der Waals surface area contributed by atoms with Crippen molar-refractivity contribution in [2.75, 3.05) is 5.75 Å². The lowest BCUT2D eigenvalue weighted by atomic mass is 10.1. The first kappa shape index (κ1) is 16.2. The van der Waals surface area contributed by atoms with Gasteiger partial charge in [0.05, 0.1) is 6.10 Å². The van der Waals surface area contributed by atoms with Crippen LogP contribution >= 0.6 is 23.4 Å². The molecule has 0 aromatic heterocycles. The molecule has 2 aromatic carbocycles. The number of benzene rings is 2. The van der Waals surface area contributed by atoms with Crippen LogP contribution in [-0.4, -0.2) is 11.9 Å². The molecular weight excluding hydrogens is 302 g/mol. The first-order valence-electron chi connectivity index (χ1n) is 6.95. The fraction of sp³-hybridized carbons (Fsp3) is 0.294. The van der Waals surface area contributed by atoms with E-state index < -0.39 is 0 Å². The summed E-state index contributed by atoms with van der Waals surface area (Å²) in [6.45, 7) is 4.03. The number of thioether (sulfide) groups is 1. The predicted molar refractivity (Wildman–Crippen MR) is 91.3 cm³/mol. The third-order valence-corrected chi connectivity index (χ3v) is 4.25. The van der Waals surface area contributed by atoms with Crippen molar-refractivity contribution in [2.24, 2.45) is 5.73 Å². The van der Waals surface area contributed by atoms with E-state index in [0.29, 0.717) is 0 Å². The Morgan fingerprint density at radius 2 is 1.86 bits per heavy atom. The summed E-state index contributed by atoms with van der Waals surface area (Å²) < 4.78 is 5.63. The normalized spacial score (nSPS) is 12.4. The van der Waals surface area contributed by atoms with Gasteiger partial charge in [-0.3, -0.25) is 0 Å². The largest absolute Gasteiger partial charge is 0.491 e. The van der Waals surface area contributed by atoms with Crippen LogP contribution < -0.4 is 10.5 Å². The summed E-state index contributed by atoms with van der Waals surface area (Å²) in [6.07, 6.45) is 0.183. The zero-order valence-electron chi connectivity index (χ0n) is 12.3. The molecule has 2 nitrogen and oxygen atoms in total. The number of ether oxygens (including phenoxy) is 1. The molecule has 1 unspecified atom stereocenters. The molecule has 2 N–H and O–H groups in total. The quantitative estimate of drug-likeness (QED) is 0.767. The lowest BCUT2D eigenvalue weighted by Gasteiger charge is -2.14. The summed E-state index contributed by atoms with van der Waals surface area (Å²) in [7, 11) is 0. The molecule has 0 radical (unpaired) electrons. The topological polar surface area (TPSA) is 35.2 Å². The highest BCUT2D eigenvalue weighted by atomic mass is 35.5. The average Bonchev–Trinajstić information content (AvgIpc) is 2.45. The van der Waals surface area contributed by atoms with Crippen LogP contribution in [0.15, 0.2) is 53.4 Å². The van der Waals surface area contributed by atoms with E-state index in [2.05, 4.69) is 0 Å². The van der Waals surface area contributed by atoms with E-state index in [0.717, 1.165) is 27.0 Å². The lowest BCUT2D eigenvalue weighted by molar-refractivity contribution is 0.242. The van der Waals surface area contributed by atoms with E-state index in [1.165, 1.54) is 0 Å². The molecule has 0 saturated carbocycles. The van der Waals surface area contributed by atoms with E-state index in [1.54, 1.807) is 11.8 Å². The van der Waals surface area contributed by atoms with Gasteiger partial charge in [0, 0.05) is 21.7 Å². The highest BCUT2D eigenvalue weighted by Crippen LogP contribution is 2.26. The minimum absolute atomic E-state index is 0.0120. The zero-order chi connectivity index (χ0) is 15.2. The second kappa shape index (κ2) is 7.74. The van der Waals surface area contributed by atoms with Crippen LogP contribution in [0, 0.1) is 0 Å². The van der Waals surface area contributed by atoms with Gasteiger partial charge in [-0.25, -0.2) is 0 Å². The first-order chi connectivity index (χ1) is 10.0.